The van der Waals surface area contributed by atoms with Gasteiger partial charge in [-0.25, -0.2) is 4.98 Å². The lowest BCUT2D eigenvalue weighted by Crippen LogP contribution is -2.08. The summed E-state index contributed by atoms with van der Waals surface area (Å²) in [5.41, 5.74) is 2.20. The summed E-state index contributed by atoms with van der Waals surface area (Å²) in [6.45, 7) is 0.558. The van der Waals surface area contributed by atoms with Gasteiger partial charge in [-0.1, -0.05) is 29.5 Å². The van der Waals surface area contributed by atoms with Crippen molar-refractivity contribution < 1.29 is 9.26 Å². The molecule has 2 aromatic rings. The van der Waals surface area contributed by atoms with E-state index in [0.717, 1.165) is 22.3 Å². The van der Waals surface area contributed by atoms with E-state index in [-0.39, 0.29) is 0 Å². The topological polar surface area (TPSA) is 48.2 Å². The molecule has 1 aliphatic rings. The molecule has 0 saturated carbocycles. The molecule has 2 heterocycles. The average Bonchev–Trinajstić information content (AvgIpc) is 2.93. The van der Waals surface area contributed by atoms with Gasteiger partial charge < -0.3 is 9.26 Å². The summed E-state index contributed by atoms with van der Waals surface area (Å²) in [6.07, 6.45) is 10.2. The number of allylic oxidation sites excluding steroid dienone is 2. The standard InChI is InChI=1S/C16H15IN2O2/c17-15-10-14(19-21-15)9-12-4-6-13(7-5-12)11-20-16-3-1-2-8-18-16/h1-4,6-8,10,12H,5,9,11H2. The maximum absolute atomic E-state index is 5.64. The summed E-state index contributed by atoms with van der Waals surface area (Å²) in [5, 5.41) is 4.03. The Kier molecular flexibility index (Phi) is 4.69. The van der Waals surface area contributed by atoms with Gasteiger partial charge in [0, 0.05) is 40.9 Å². The first kappa shape index (κ1) is 14.3. The van der Waals surface area contributed by atoms with Crippen LogP contribution in [0, 0.1) is 9.68 Å². The van der Waals surface area contributed by atoms with Crippen LogP contribution < -0.4 is 4.74 Å². The molecule has 0 bridgehead atoms. The van der Waals surface area contributed by atoms with E-state index in [9.17, 15) is 0 Å². The normalized spacial score (nSPS) is 17.6. The average molecular weight is 394 g/mol. The predicted octanol–water partition coefficient (Wildman–Crippen LogP) is 3.80. The van der Waals surface area contributed by atoms with Crippen LogP contribution in [0.2, 0.25) is 0 Å². The number of halogens is 1. The second kappa shape index (κ2) is 6.89. The highest BCUT2D eigenvalue weighted by Gasteiger charge is 2.12. The van der Waals surface area contributed by atoms with Gasteiger partial charge in [0.15, 0.2) is 3.77 Å². The van der Waals surface area contributed by atoms with E-state index in [1.54, 1.807) is 6.20 Å². The molecular weight excluding hydrogens is 379 g/mol. The van der Waals surface area contributed by atoms with E-state index in [0.29, 0.717) is 18.4 Å². The van der Waals surface area contributed by atoms with Crippen molar-refractivity contribution in [3.8, 4) is 5.88 Å². The summed E-state index contributed by atoms with van der Waals surface area (Å²) in [7, 11) is 0. The van der Waals surface area contributed by atoms with E-state index in [2.05, 4.69) is 51.0 Å². The molecule has 1 unspecified atom stereocenters. The molecule has 0 amide bonds. The first-order valence-electron chi connectivity index (χ1n) is 6.82. The molecule has 0 fully saturated rings. The van der Waals surface area contributed by atoms with Crippen molar-refractivity contribution in [2.45, 2.75) is 12.8 Å². The van der Waals surface area contributed by atoms with Crippen LogP contribution in [0.1, 0.15) is 12.1 Å². The van der Waals surface area contributed by atoms with Crippen molar-refractivity contribution in [1.82, 2.24) is 10.1 Å². The Morgan fingerprint density at radius 3 is 3.00 bits per heavy atom. The van der Waals surface area contributed by atoms with Gasteiger partial charge in [-0.05, 0) is 30.4 Å². The lowest BCUT2D eigenvalue weighted by atomic mass is 9.93. The summed E-state index contributed by atoms with van der Waals surface area (Å²) < 4.78 is 11.6. The molecule has 5 heteroatoms. The SMILES string of the molecule is Ic1cc(CC2C=CC(COc3ccccn3)=CC2)no1. The third-order valence-corrected chi connectivity index (χ3v) is 3.80. The van der Waals surface area contributed by atoms with Gasteiger partial charge in [-0.15, -0.1) is 0 Å². The van der Waals surface area contributed by atoms with Crippen molar-refractivity contribution in [3.63, 3.8) is 0 Å². The number of rotatable bonds is 5. The Morgan fingerprint density at radius 1 is 1.38 bits per heavy atom. The minimum absolute atomic E-state index is 0.476. The quantitative estimate of drug-likeness (QED) is 0.724. The molecule has 0 aliphatic heterocycles. The van der Waals surface area contributed by atoms with Crippen molar-refractivity contribution in [2.75, 3.05) is 6.61 Å². The van der Waals surface area contributed by atoms with Crippen molar-refractivity contribution in [1.29, 1.82) is 0 Å². The van der Waals surface area contributed by atoms with Gasteiger partial charge in [0.1, 0.15) is 6.61 Å². The fourth-order valence-electron chi connectivity index (χ4n) is 2.21. The lowest BCUT2D eigenvalue weighted by Gasteiger charge is -2.15. The summed E-state index contributed by atoms with van der Waals surface area (Å²) >= 11 is 2.13. The molecule has 1 atom stereocenters. The Morgan fingerprint density at radius 2 is 2.33 bits per heavy atom. The van der Waals surface area contributed by atoms with Crippen LogP contribution >= 0.6 is 22.6 Å². The molecule has 108 valence electrons. The third-order valence-electron chi connectivity index (χ3n) is 3.29. The van der Waals surface area contributed by atoms with Crippen molar-refractivity contribution in [3.05, 3.63) is 63.7 Å². The van der Waals surface area contributed by atoms with Gasteiger partial charge in [0.05, 0.1) is 5.69 Å². The number of hydrogen-bond donors (Lipinski definition) is 0. The summed E-state index contributed by atoms with van der Waals surface area (Å²) in [4.78, 5) is 4.14. The fraction of sp³-hybridized carbons (Fsp3) is 0.250. The maximum Gasteiger partial charge on any atom is 0.213 e. The highest BCUT2D eigenvalue weighted by atomic mass is 127. The number of nitrogens with zero attached hydrogens (tertiary/aromatic N) is 2. The lowest BCUT2D eigenvalue weighted by molar-refractivity contribution is 0.340. The number of hydrogen-bond acceptors (Lipinski definition) is 4. The van der Waals surface area contributed by atoms with E-state index in [4.69, 9.17) is 9.26 Å². The molecule has 0 aromatic carbocycles. The Hall–Kier alpha value is -1.63. The maximum atomic E-state index is 5.64. The van der Waals surface area contributed by atoms with Crippen molar-refractivity contribution in [2.24, 2.45) is 5.92 Å². The first-order valence-corrected chi connectivity index (χ1v) is 7.89. The molecule has 0 saturated heterocycles. The summed E-state index contributed by atoms with van der Waals surface area (Å²) in [6, 6.07) is 7.64. The molecule has 4 nitrogen and oxygen atoms in total. The van der Waals surface area contributed by atoms with Crippen LogP contribution in [0.4, 0.5) is 0 Å². The van der Waals surface area contributed by atoms with E-state index in [1.807, 2.05) is 24.3 Å². The van der Waals surface area contributed by atoms with Crippen LogP contribution in [0.3, 0.4) is 0 Å². The monoisotopic (exact) mass is 394 g/mol. The largest absolute Gasteiger partial charge is 0.473 e. The van der Waals surface area contributed by atoms with Crippen LogP contribution in [0.5, 0.6) is 5.88 Å². The number of aromatic nitrogens is 2. The molecular formula is C16H15IN2O2. The first-order chi connectivity index (χ1) is 10.3. The second-order valence-corrected chi connectivity index (χ2v) is 5.98. The molecule has 3 rings (SSSR count). The molecule has 0 spiro atoms. The zero-order valence-electron chi connectivity index (χ0n) is 11.4. The minimum Gasteiger partial charge on any atom is -0.473 e. The molecule has 2 aromatic heterocycles. The Balaban J connectivity index is 1.49. The van der Waals surface area contributed by atoms with Crippen LogP contribution in [0.25, 0.3) is 0 Å². The van der Waals surface area contributed by atoms with Crippen LogP contribution in [0.15, 0.2) is 58.8 Å². The Bertz CT molecular complexity index is 649. The van der Waals surface area contributed by atoms with Gasteiger partial charge >= 0.3 is 0 Å². The van der Waals surface area contributed by atoms with E-state index < -0.39 is 0 Å². The molecule has 1 aliphatic carbocycles. The third kappa shape index (κ3) is 4.17. The smallest absolute Gasteiger partial charge is 0.213 e. The van der Waals surface area contributed by atoms with E-state index in [1.165, 1.54) is 5.57 Å². The fourth-order valence-corrected chi connectivity index (χ4v) is 2.67. The highest BCUT2D eigenvalue weighted by Crippen LogP contribution is 2.21. The van der Waals surface area contributed by atoms with Crippen LogP contribution in [-0.2, 0) is 6.42 Å². The van der Waals surface area contributed by atoms with E-state index >= 15 is 0 Å². The Labute approximate surface area is 137 Å². The van der Waals surface area contributed by atoms with Crippen LogP contribution in [-0.4, -0.2) is 16.7 Å². The molecule has 0 N–H and O–H groups in total. The zero-order chi connectivity index (χ0) is 14.5. The number of pyridine rings is 1. The van der Waals surface area contributed by atoms with Gasteiger partial charge in [0.25, 0.3) is 0 Å². The zero-order valence-corrected chi connectivity index (χ0v) is 13.6. The van der Waals surface area contributed by atoms with Gasteiger partial charge in [0.2, 0.25) is 5.88 Å². The van der Waals surface area contributed by atoms with Gasteiger partial charge in [-0.2, -0.15) is 0 Å². The number of ether oxygens (including phenoxy) is 1. The predicted molar refractivity (Wildman–Crippen MR) is 88.0 cm³/mol. The highest BCUT2D eigenvalue weighted by molar-refractivity contribution is 14.1. The summed E-state index contributed by atoms with van der Waals surface area (Å²) in [5.74, 6) is 1.13. The van der Waals surface area contributed by atoms with Crippen molar-refractivity contribution >= 4 is 22.6 Å². The molecule has 21 heavy (non-hydrogen) atoms. The molecule has 0 radical (unpaired) electrons. The minimum atomic E-state index is 0.476. The van der Waals surface area contributed by atoms with Gasteiger partial charge in [-0.3, -0.25) is 0 Å². The second-order valence-electron chi connectivity index (χ2n) is 4.92.